The van der Waals surface area contributed by atoms with Crippen molar-refractivity contribution >= 4 is 22.3 Å². The first-order valence-electron chi connectivity index (χ1n) is 9.39. The molecule has 2 heterocycles. The highest BCUT2D eigenvalue weighted by Gasteiger charge is 2.19. The van der Waals surface area contributed by atoms with Crippen LogP contribution in [0.2, 0.25) is 0 Å². The standard InChI is InChI=1S/C22H21FN4O/c23-19-11-15(5-6-21(19)27-9-7-17(28)8-10-27)13-26-22-16(12-24)14-25-20-4-2-1-3-18(20)22/h1-6,11,14,17,28H,7-10,13H2,(H,25,26). The zero-order valence-corrected chi connectivity index (χ0v) is 15.4. The number of rotatable bonds is 4. The fourth-order valence-corrected chi connectivity index (χ4v) is 3.63. The van der Waals surface area contributed by atoms with Crippen LogP contribution in [0.25, 0.3) is 10.9 Å². The number of pyridine rings is 1. The Morgan fingerprint density at radius 3 is 2.75 bits per heavy atom. The van der Waals surface area contributed by atoms with E-state index in [0.717, 1.165) is 16.5 Å². The largest absolute Gasteiger partial charge is 0.393 e. The highest BCUT2D eigenvalue weighted by atomic mass is 19.1. The number of nitriles is 1. The molecule has 0 spiro atoms. The molecule has 0 unspecified atom stereocenters. The average molecular weight is 376 g/mol. The number of nitrogens with zero attached hydrogens (tertiary/aromatic N) is 3. The van der Waals surface area contributed by atoms with Crippen LogP contribution >= 0.6 is 0 Å². The van der Waals surface area contributed by atoms with Crippen molar-refractivity contribution in [3.8, 4) is 6.07 Å². The van der Waals surface area contributed by atoms with Crippen LogP contribution in [0.1, 0.15) is 24.0 Å². The van der Waals surface area contributed by atoms with Crippen LogP contribution in [0.15, 0.2) is 48.7 Å². The molecule has 1 aliphatic rings. The molecule has 0 amide bonds. The van der Waals surface area contributed by atoms with Gasteiger partial charge in [0, 0.05) is 31.2 Å². The lowest BCUT2D eigenvalue weighted by molar-refractivity contribution is 0.145. The molecule has 0 aliphatic carbocycles. The summed E-state index contributed by atoms with van der Waals surface area (Å²) in [5.41, 5.74) is 3.34. The Balaban J connectivity index is 1.54. The molecule has 1 aliphatic heterocycles. The van der Waals surface area contributed by atoms with Crippen molar-refractivity contribution < 1.29 is 9.50 Å². The summed E-state index contributed by atoms with van der Waals surface area (Å²) in [7, 11) is 0. The van der Waals surface area contributed by atoms with Crippen molar-refractivity contribution in [1.82, 2.24) is 4.98 Å². The average Bonchev–Trinajstić information content (AvgIpc) is 2.73. The van der Waals surface area contributed by atoms with Crippen molar-refractivity contribution in [2.45, 2.75) is 25.5 Å². The van der Waals surface area contributed by atoms with Crippen LogP contribution in [0.3, 0.4) is 0 Å². The lowest BCUT2D eigenvalue weighted by atomic mass is 10.1. The molecule has 1 aromatic heterocycles. The van der Waals surface area contributed by atoms with Crippen LogP contribution in [-0.2, 0) is 6.54 Å². The molecule has 3 aromatic rings. The fourth-order valence-electron chi connectivity index (χ4n) is 3.63. The molecule has 5 nitrogen and oxygen atoms in total. The predicted molar refractivity (Wildman–Crippen MR) is 108 cm³/mol. The van der Waals surface area contributed by atoms with E-state index < -0.39 is 0 Å². The molecule has 2 N–H and O–H groups in total. The number of halogens is 1. The van der Waals surface area contributed by atoms with Gasteiger partial charge in [0.05, 0.1) is 28.6 Å². The summed E-state index contributed by atoms with van der Waals surface area (Å²) >= 11 is 0. The van der Waals surface area contributed by atoms with Gasteiger partial charge in [0.25, 0.3) is 0 Å². The number of aromatic nitrogens is 1. The summed E-state index contributed by atoms with van der Waals surface area (Å²) in [5, 5.41) is 23.2. The minimum atomic E-state index is -0.285. The van der Waals surface area contributed by atoms with E-state index in [-0.39, 0.29) is 11.9 Å². The normalized spacial score (nSPS) is 14.8. The summed E-state index contributed by atoms with van der Waals surface area (Å²) < 4.78 is 14.7. The van der Waals surface area contributed by atoms with E-state index in [1.54, 1.807) is 12.3 Å². The van der Waals surface area contributed by atoms with Gasteiger partial charge in [0.15, 0.2) is 0 Å². The van der Waals surface area contributed by atoms with Gasteiger partial charge in [0.1, 0.15) is 11.9 Å². The number of aliphatic hydroxyl groups is 1. The molecule has 142 valence electrons. The molecule has 28 heavy (non-hydrogen) atoms. The van der Waals surface area contributed by atoms with Crippen LogP contribution < -0.4 is 10.2 Å². The van der Waals surface area contributed by atoms with Crippen molar-refractivity contribution in [3.63, 3.8) is 0 Å². The molecule has 6 heteroatoms. The van der Waals surface area contributed by atoms with Crippen molar-refractivity contribution in [3.05, 3.63) is 65.6 Å². The molecule has 0 saturated carbocycles. The highest BCUT2D eigenvalue weighted by molar-refractivity contribution is 5.93. The second-order valence-electron chi connectivity index (χ2n) is 7.03. The molecule has 1 saturated heterocycles. The van der Waals surface area contributed by atoms with Gasteiger partial charge in [-0.1, -0.05) is 24.3 Å². The second kappa shape index (κ2) is 7.83. The maximum Gasteiger partial charge on any atom is 0.146 e. The number of hydrogen-bond donors (Lipinski definition) is 2. The Morgan fingerprint density at radius 2 is 2.00 bits per heavy atom. The van der Waals surface area contributed by atoms with E-state index in [1.807, 2.05) is 35.2 Å². The van der Waals surface area contributed by atoms with Gasteiger partial charge in [-0.05, 0) is 36.6 Å². The lowest BCUT2D eigenvalue weighted by Crippen LogP contribution is -2.36. The van der Waals surface area contributed by atoms with E-state index in [4.69, 9.17) is 0 Å². The van der Waals surface area contributed by atoms with Gasteiger partial charge in [0.2, 0.25) is 0 Å². The minimum Gasteiger partial charge on any atom is -0.393 e. The van der Waals surface area contributed by atoms with Crippen molar-refractivity contribution in [2.75, 3.05) is 23.3 Å². The molecule has 0 bridgehead atoms. The monoisotopic (exact) mass is 376 g/mol. The van der Waals surface area contributed by atoms with Crippen molar-refractivity contribution in [1.29, 1.82) is 5.26 Å². The molecule has 0 atom stereocenters. The number of anilines is 2. The highest BCUT2D eigenvalue weighted by Crippen LogP contribution is 2.27. The maximum atomic E-state index is 14.7. The first kappa shape index (κ1) is 18.2. The second-order valence-corrected chi connectivity index (χ2v) is 7.03. The van der Waals surface area contributed by atoms with Gasteiger partial charge in [-0.2, -0.15) is 5.26 Å². The van der Waals surface area contributed by atoms with E-state index in [0.29, 0.717) is 49.4 Å². The third-order valence-corrected chi connectivity index (χ3v) is 5.18. The first-order valence-corrected chi connectivity index (χ1v) is 9.39. The lowest BCUT2D eigenvalue weighted by Gasteiger charge is -2.31. The third kappa shape index (κ3) is 3.62. The number of aliphatic hydroxyl groups excluding tert-OH is 1. The van der Waals surface area contributed by atoms with Gasteiger partial charge in [-0.15, -0.1) is 0 Å². The number of fused-ring (bicyclic) bond motifs is 1. The van der Waals surface area contributed by atoms with E-state index in [2.05, 4.69) is 16.4 Å². The number of piperidine rings is 1. The Hall–Kier alpha value is -3.17. The Labute approximate surface area is 163 Å². The summed E-state index contributed by atoms with van der Waals surface area (Å²) in [5.74, 6) is -0.268. The fraction of sp³-hybridized carbons (Fsp3) is 0.273. The molecular formula is C22H21FN4O. The van der Waals surface area contributed by atoms with Crippen LogP contribution in [0.5, 0.6) is 0 Å². The summed E-state index contributed by atoms with van der Waals surface area (Å²) in [6.45, 7) is 1.72. The maximum absolute atomic E-state index is 14.7. The van der Waals surface area contributed by atoms with Crippen LogP contribution in [0, 0.1) is 17.1 Å². The zero-order valence-electron chi connectivity index (χ0n) is 15.4. The van der Waals surface area contributed by atoms with E-state index >= 15 is 0 Å². The van der Waals surface area contributed by atoms with E-state index in [1.165, 1.54) is 6.07 Å². The van der Waals surface area contributed by atoms with Gasteiger partial charge >= 0.3 is 0 Å². The topological polar surface area (TPSA) is 72.2 Å². The van der Waals surface area contributed by atoms with E-state index in [9.17, 15) is 14.8 Å². The quantitative estimate of drug-likeness (QED) is 0.724. The van der Waals surface area contributed by atoms with Crippen LogP contribution in [0.4, 0.5) is 15.8 Å². The molecule has 4 rings (SSSR count). The molecular weight excluding hydrogens is 355 g/mol. The summed E-state index contributed by atoms with van der Waals surface area (Å²) in [4.78, 5) is 6.28. The number of hydrogen-bond acceptors (Lipinski definition) is 5. The predicted octanol–water partition coefficient (Wildman–Crippen LogP) is 3.82. The van der Waals surface area contributed by atoms with Crippen LogP contribution in [-0.4, -0.2) is 29.3 Å². The number of para-hydroxylation sites is 1. The molecule has 0 radical (unpaired) electrons. The van der Waals surface area contributed by atoms with Crippen molar-refractivity contribution in [2.24, 2.45) is 0 Å². The van der Waals surface area contributed by atoms with Gasteiger partial charge < -0.3 is 15.3 Å². The third-order valence-electron chi connectivity index (χ3n) is 5.18. The number of nitrogens with one attached hydrogen (secondary N) is 1. The minimum absolute atomic E-state index is 0.268. The zero-order chi connectivity index (χ0) is 19.5. The SMILES string of the molecule is N#Cc1cnc2ccccc2c1NCc1ccc(N2CCC(O)CC2)c(F)c1. The summed E-state index contributed by atoms with van der Waals surface area (Å²) in [6.07, 6.45) is 2.59. The first-order chi connectivity index (χ1) is 13.7. The van der Waals surface area contributed by atoms with Gasteiger partial charge in [-0.3, -0.25) is 4.98 Å². The smallest absolute Gasteiger partial charge is 0.146 e. The van der Waals surface area contributed by atoms with Gasteiger partial charge in [-0.25, -0.2) is 4.39 Å². The Morgan fingerprint density at radius 1 is 1.21 bits per heavy atom. The molecule has 1 fully saturated rings. The Bertz CT molecular complexity index is 1040. The number of benzene rings is 2. The summed E-state index contributed by atoms with van der Waals surface area (Å²) in [6, 6.07) is 15.0. The molecule has 2 aromatic carbocycles. The Kier molecular flexibility index (Phi) is 5.09.